The second-order valence-corrected chi connectivity index (χ2v) is 6.76. The predicted molar refractivity (Wildman–Crippen MR) is 101 cm³/mol. The largest absolute Gasteiger partial charge is 0.368 e. The van der Waals surface area contributed by atoms with Crippen molar-refractivity contribution in [1.82, 2.24) is 19.8 Å². The van der Waals surface area contributed by atoms with Gasteiger partial charge in [0.1, 0.15) is 5.82 Å². The van der Waals surface area contributed by atoms with Crippen LogP contribution in [0.25, 0.3) is 0 Å². The van der Waals surface area contributed by atoms with Gasteiger partial charge in [0.05, 0.1) is 0 Å². The van der Waals surface area contributed by atoms with Crippen molar-refractivity contribution in [3.8, 4) is 0 Å². The van der Waals surface area contributed by atoms with E-state index < -0.39 is 0 Å². The third-order valence-electron chi connectivity index (χ3n) is 5.13. The third-order valence-corrected chi connectivity index (χ3v) is 5.13. The zero-order valence-electron chi connectivity index (χ0n) is 15.2. The molecular weight excluding hydrogens is 347 g/mol. The highest BCUT2D eigenvalue weighted by atomic mass is 19.1. The van der Waals surface area contributed by atoms with Gasteiger partial charge in [-0.05, 0) is 30.3 Å². The lowest BCUT2D eigenvalue weighted by atomic mass is 10.2. The van der Waals surface area contributed by atoms with E-state index in [2.05, 4.69) is 19.8 Å². The molecule has 0 saturated carbocycles. The van der Waals surface area contributed by atoms with E-state index in [-0.39, 0.29) is 11.8 Å². The van der Waals surface area contributed by atoms with Gasteiger partial charge in [-0.3, -0.25) is 0 Å². The van der Waals surface area contributed by atoms with Crippen molar-refractivity contribution in [1.29, 1.82) is 0 Å². The van der Waals surface area contributed by atoms with Crippen molar-refractivity contribution < 1.29 is 9.18 Å². The van der Waals surface area contributed by atoms with Crippen LogP contribution >= 0.6 is 0 Å². The number of carbonyl (C=O) groups excluding carboxylic acids is 1. The number of urea groups is 1. The van der Waals surface area contributed by atoms with Crippen LogP contribution in [-0.4, -0.2) is 78.2 Å². The number of aromatic nitrogens is 2. The van der Waals surface area contributed by atoms with Crippen LogP contribution in [0.4, 0.5) is 20.8 Å². The summed E-state index contributed by atoms with van der Waals surface area (Å²) >= 11 is 0. The molecule has 2 saturated heterocycles. The summed E-state index contributed by atoms with van der Waals surface area (Å²) in [6, 6.07) is 8.43. The van der Waals surface area contributed by atoms with E-state index in [0.717, 1.165) is 37.8 Å². The van der Waals surface area contributed by atoms with E-state index in [1.54, 1.807) is 30.6 Å². The van der Waals surface area contributed by atoms with Crippen LogP contribution in [0.3, 0.4) is 0 Å². The minimum absolute atomic E-state index is 0.0994. The zero-order valence-corrected chi connectivity index (χ0v) is 15.2. The Kier molecular flexibility index (Phi) is 5.04. The minimum Gasteiger partial charge on any atom is -0.368 e. The van der Waals surface area contributed by atoms with E-state index >= 15 is 0 Å². The molecule has 2 aliphatic rings. The fraction of sp³-hybridized carbons (Fsp3) is 0.421. The highest BCUT2D eigenvalue weighted by molar-refractivity contribution is 5.75. The molecule has 7 nitrogen and oxygen atoms in total. The van der Waals surface area contributed by atoms with Crippen molar-refractivity contribution in [3.63, 3.8) is 0 Å². The van der Waals surface area contributed by atoms with Crippen LogP contribution < -0.4 is 9.80 Å². The Labute approximate surface area is 158 Å². The van der Waals surface area contributed by atoms with E-state index in [1.165, 1.54) is 12.1 Å². The first-order valence-corrected chi connectivity index (χ1v) is 9.27. The SMILES string of the molecule is O=C(N1CCN(c2ccc(F)cc2)CC1)N1CCN(c2ncccn2)CC1. The number of nitrogens with zero attached hydrogens (tertiary/aromatic N) is 6. The summed E-state index contributed by atoms with van der Waals surface area (Å²) in [6.45, 7) is 5.71. The van der Waals surface area contributed by atoms with Gasteiger partial charge in [0.2, 0.25) is 5.95 Å². The van der Waals surface area contributed by atoms with Crippen molar-refractivity contribution in [2.45, 2.75) is 0 Å². The molecule has 0 aliphatic carbocycles. The lowest BCUT2D eigenvalue weighted by Gasteiger charge is -2.41. The molecule has 0 N–H and O–H groups in total. The maximum Gasteiger partial charge on any atom is 0.320 e. The Hall–Kier alpha value is -2.90. The van der Waals surface area contributed by atoms with Crippen LogP contribution in [-0.2, 0) is 0 Å². The van der Waals surface area contributed by atoms with Gasteiger partial charge in [0.15, 0.2) is 0 Å². The summed E-state index contributed by atoms with van der Waals surface area (Å²) in [4.78, 5) is 29.5. The molecule has 0 atom stereocenters. The number of hydrogen-bond acceptors (Lipinski definition) is 5. The Bertz CT molecular complexity index is 756. The van der Waals surface area contributed by atoms with E-state index in [4.69, 9.17) is 0 Å². The Balaban J connectivity index is 1.28. The van der Waals surface area contributed by atoms with Gasteiger partial charge in [0.25, 0.3) is 0 Å². The van der Waals surface area contributed by atoms with E-state index in [0.29, 0.717) is 26.2 Å². The molecule has 0 spiro atoms. The number of benzene rings is 1. The molecule has 2 fully saturated rings. The second-order valence-electron chi connectivity index (χ2n) is 6.76. The van der Waals surface area contributed by atoms with E-state index in [9.17, 15) is 9.18 Å². The minimum atomic E-state index is -0.229. The average molecular weight is 370 g/mol. The van der Waals surface area contributed by atoms with Crippen LogP contribution in [0.1, 0.15) is 0 Å². The highest BCUT2D eigenvalue weighted by Gasteiger charge is 2.28. The van der Waals surface area contributed by atoms with Crippen LogP contribution in [0.5, 0.6) is 0 Å². The molecule has 0 bridgehead atoms. The summed E-state index contributed by atoms with van der Waals surface area (Å²) < 4.78 is 13.1. The maximum atomic E-state index is 13.1. The van der Waals surface area contributed by atoms with Crippen LogP contribution in [0, 0.1) is 5.82 Å². The first-order valence-electron chi connectivity index (χ1n) is 9.27. The van der Waals surface area contributed by atoms with Gasteiger partial charge in [-0.2, -0.15) is 0 Å². The molecule has 27 heavy (non-hydrogen) atoms. The van der Waals surface area contributed by atoms with Gasteiger partial charge in [-0.25, -0.2) is 19.2 Å². The molecule has 1 aromatic heterocycles. The van der Waals surface area contributed by atoms with Gasteiger partial charge >= 0.3 is 6.03 Å². The zero-order chi connectivity index (χ0) is 18.6. The number of carbonyl (C=O) groups is 1. The van der Waals surface area contributed by atoms with Gasteiger partial charge < -0.3 is 19.6 Å². The molecule has 2 aliphatic heterocycles. The number of amides is 2. The molecular formula is C19H23FN6O. The number of halogens is 1. The van der Waals surface area contributed by atoms with Gasteiger partial charge in [-0.1, -0.05) is 0 Å². The first-order chi connectivity index (χ1) is 13.2. The average Bonchev–Trinajstić information content (AvgIpc) is 2.75. The smallest absolute Gasteiger partial charge is 0.320 e. The molecule has 1 aromatic carbocycles. The number of rotatable bonds is 2. The standard InChI is InChI=1S/C19H23FN6O/c20-16-2-4-17(5-3-16)23-8-12-25(13-9-23)19(27)26-14-10-24(11-15-26)18-21-6-1-7-22-18/h1-7H,8-15H2. The Morgan fingerprint density at radius 3 is 1.85 bits per heavy atom. The number of anilines is 2. The van der Waals surface area contributed by atoms with Crippen molar-refractivity contribution >= 4 is 17.7 Å². The topological polar surface area (TPSA) is 55.8 Å². The molecule has 8 heteroatoms. The normalized spacial score (nSPS) is 18.0. The van der Waals surface area contributed by atoms with E-state index in [1.807, 2.05) is 9.80 Å². The molecule has 0 radical (unpaired) electrons. The molecule has 142 valence electrons. The Morgan fingerprint density at radius 1 is 0.778 bits per heavy atom. The summed E-state index contributed by atoms with van der Waals surface area (Å²) in [6.07, 6.45) is 3.47. The summed E-state index contributed by atoms with van der Waals surface area (Å²) in [5.74, 6) is 0.491. The molecule has 2 aromatic rings. The molecule has 0 unspecified atom stereocenters. The highest BCUT2D eigenvalue weighted by Crippen LogP contribution is 2.18. The molecule has 2 amide bonds. The van der Waals surface area contributed by atoms with Crippen LogP contribution in [0.2, 0.25) is 0 Å². The third kappa shape index (κ3) is 3.94. The fourth-order valence-electron chi connectivity index (χ4n) is 3.56. The lowest BCUT2D eigenvalue weighted by molar-refractivity contribution is 0.147. The van der Waals surface area contributed by atoms with Crippen molar-refractivity contribution in [3.05, 3.63) is 48.5 Å². The van der Waals surface area contributed by atoms with Crippen molar-refractivity contribution in [2.24, 2.45) is 0 Å². The monoisotopic (exact) mass is 370 g/mol. The van der Waals surface area contributed by atoms with Crippen molar-refractivity contribution in [2.75, 3.05) is 62.2 Å². The summed E-state index contributed by atoms with van der Waals surface area (Å²) in [5, 5.41) is 0. The molecule has 3 heterocycles. The fourth-order valence-corrected chi connectivity index (χ4v) is 3.56. The lowest BCUT2D eigenvalue weighted by Crippen LogP contribution is -2.57. The quantitative estimate of drug-likeness (QED) is 0.805. The predicted octanol–water partition coefficient (Wildman–Crippen LogP) is 1.68. The number of hydrogen-bond donors (Lipinski definition) is 0. The van der Waals surface area contributed by atoms with Gasteiger partial charge in [0, 0.05) is 70.4 Å². The number of piperazine rings is 2. The van der Waals surface area contributed by atoms with Gasteiger partial charge in [-0.15, -0.1) is 0 Å². The second kappa shape index (κ2) is 7.77. The maximum absolute atomic E-state index is 13.1. The first kappa shape index (κ1) is 17.5. The summed E-state index contributed by atoms with van der Waals surface area (Å²) in [7, 11) is 0. The van der Waals surface area contributed by atoms with Crippen LogP contribution in [0.15, 0.2) is 42.7 Å². The molecule has 4 rings (SSSR count). The summed E-state index contributed by atoms with van der Waals surface area (Å²) in [5.41, 5.74) is 1.000. The Morgan fingerprint density at radius 2 is 1.30 bits per heavy atom.